The Bertz CT molecular complexity index is 1090. The molecule has 0 spiro atoms. The Morgan fingerprint density at radius 3 is 2.52 bits per heavy atom. The lowest BCUT2D eigenvalue weighted by Gasteiger charge is -2.17. The van der Waals surface area contributed by atoms with Crippen LogP contribution in [-0.2, 0) is 0 Å². The average molecular weight is 407 g/mol. The van der Waals surface area contributed by atoms with Gasteiger partial charge in [-0.1, -0.05) is 18.2 Å². The molecule has 0 radical (unpaired) electrons. The van der Waals surface area contributed by atoms with Gasteiger partial charge in [0, 0.05) is 11.1 Å². The molecule has 4 aromatic rings. The number of halogens is 1. The van der Waals surface area contributed by atoms with Crippen LogP contribution in [-0.4, -0.2) is 22.8 Å². The zero-order chi connectivity index (χ0) is 20.2. The van der Waals surface area contributed by atoms with Crippen molar-refractivity contribution in [2.45, 2.75) is 6.04 Å². The van der Waals surface area contributed by atoms with E-state index in [4.69, 9.17) is 4.74 Å². The van der Waals surface area contributed by atoms with Crippen molar-refractivity contribution in [3.63, 3.8) is 0 Å². The van der Waals surface area contributed by atoms with Crippen LogP contribution in [0.2, 0.25) is 0 Å². The van der Waals surface area contributed by atoms with Crippen molar-refractivity contribution in [1.29, 1.82) is 0 Å². The number of aromatic nitrogens is 2. The van der Waals surface area contributed by atoms with Crippen LogP contribution in [0, 0.1) is 5.82 Å². The third kappa shape index (κ3) is 4.20. The summed E-state index contributed by atoms with van der Waals surface area (Å²) in [6.07, 6.45) is 1.73. The van der Waals surface area contributed by atoms with E-state index in [1.165, 1.54) is 23.5 Å². The molecule has 146 valence electrons. The highest BCUT2D eigenvalue weighted by Gasteiger charge is 2.20. The Morgan fingerprint density at radius 2 is 1.86 bits per heavy atom. The first-order valence-corrected chi connectivity index (χ1v) is 9.82. The summed E-state index contributed by atoms with van der Waals surface area (Å²) in [6.45, 7) is 0. The van der Waals surface area contributed by atoms with E-state index in [0.29, 0.717) is 5.69 Å². The summed E-state index contributed by atoms with van der Waals surface area (Å²) in [6, 6.07) is 18.7. The highest BCUT2D eigenvalue weighted by molar-refractivity contribution is 7.10. The van der Waals surface area contributed by atoms with E-state index in [1.807, 2.05) is 41.8 Å². The van der Waals surface area contributed by atoms with Crippen LogP contribution >= 0.6 is 11.3 Å². The molecular formula is C22H18FN3O2S. The van der Waals surface area contributed by atoms with Crippen molar-refractivity contribution in [2.24, 2.45) is 0 Å². The maximum Gasteiger partial charge on any atom is 0.272 e. The van der Waals surface area contributed by atoms with Crippen molar-refractivity contribution >= 4 is 17.2 Å². The molecular weight excluding hydrogens is 389 g/mol. The summed E-state index contributed by atoms with van der Waals surface area (Å²) in [5.41, 5.74) is 1.92. The van der Waals surface area contributed by atoms with Crippen molar-refractivity contribution in [1.82, 2.24) is 15.1 Å². The highest BCUT2D eigenvalue weighted by atomic mass is 32.1. The molecule has 29 heavy (non-hydrogen) atoms. The van der Waals surface area contributed by atoms with Gasteiger partial charge in [0.15, 0.2) is 5.69 Å². The van der Waals surface area contributed by atoms with Gasteiger partial charge in [-0.25, -0.2) is 9.07 Å². The number of thiophene rings is 1. The van der Waals surface area contributed by atoms with E-state index in [2.05, 4.69) is 10.4 Å². The highest BCUT2D eigenvalue weighted by Crippen LogP contribution is 2.26. The van der Waals surface area contributed by atoms with E-state index in [0.717, 1.165) is 21.9 Å². The molecule has 7 heteroatoms. The van der Waals surface area contributed by atoms with Gasteiger partial charge in [-0.2, -0.15) is 5.10 Å². The normalized spacial score (nSPS) is 11.8. The molecule has 0 aliphatic rings. The van der Waals surface area contributed by atoms with Crippen LogP contribution in [0.25, 0.3) is 5.69 Å². The number of rotatable bonds is 6. The molecule has 1 amide bonds. The predicted molar refractivity (Wildman–Crippen MR) is 110 cm³/mol. The number of amides is 1. The monoisotopic (exact) mass is 407 g/mol. The molecule has 2 aromatic heterocycles. The largest absolute Gasteiger partial charge is 0.497 e. The fraction of sp³-hybridized carbons (Fsp3) is 0.0909. The molecule has 1 atom stereocenters. The van der Waals surface area contributed by atoms with Crippen LogP contribution < -0.4 is 10.1 Å². The first kappa shape index (κ1) is 18.9. The molecule has 1 unspecified atom stereocenters. The summed E-state index contributed by atoms with van der Waals surface area (Å²) in [4.78, 5) is 13.8. The number of carbonyl (C=O) groups is 1. The molecule has 0 saturated heterocycles. The molecule has 0 saturated carbocycles. The molecule has 0 aliphatic heterocycles. The van der Waals surface area contributed by atoms with Crippen molar-refractivity contribution < 1.29 is 13.9 Å². The standard InChI is InChI=1S/C22H18FN3O2S/c1-28-18-10-8-17(9-11-18)26-13-12-19(25-26)22(27)24-21(20-3-2-14-29-20)15-4-6-16(23)7-5-15/h2-14,21H,1H3,(H,24,27). The number of nitrogens with zero attached hydrogens (tertiary/aromatic N) is 2. The Labute approximate surface area is 171 Å². The molecule has 2 heterocycles. The van der Waals surface area contributed by atoms with E-state index in [1.54, 1.807) is 36.2 Å². The van der Waals surface area contributed by atoms with Crippen LogP contribution in [0.1, 0.15) is 27.0 Å². The molecule has 0 bridgehead atoms. The number of benzene rings is 2. The quantitative estimate of drug-likeness (QED) is 0.508. The van der Waals surface area contributed by atoms with E-state index in [-0.39, 0.29) is 17.8 Å². The van der Waals surface area contributed by atoms with E-state index < -0.39 is 0 Å². The summed E-state index contributed by atoms with van der Waals surface area (Å²) < 4.78 is 20.1. The second-order valence-corrected chi connectivity index (χ2v) is 7.30. The first-order chi connectivity index (χ1) is 14.1. The number of nitrogens with one attached hydrogen (secondary N) is 1. The molecule has 1 N–H and O–H groups in total. The topological polar surface area (TPSA) is 56.1 Å². The molecule has 4 rings (SSSR count). The first-order valence-electron chi connectivity index (χ1n) is 8.94. The second kappa shape index (κ2) is 8.28. The zero-order valence-corrected chi connectivity index (χ0v) is 16.4. The molecule has 5 nitrogen and oxygen atoms in total. The molecule has 2 aromatic carbocycles. The number of ether oxygens (including phenoxy) is 1. The van der Waals surface area contributed by atoms with Gasteiger partial charge in [-0.15, -0.1) is 11.3 Å². The average Bonchev–Trinajstić information content (AvgIpc) is 3.45. The minimum atomic E-state index is -0.380. The summed E-state index contributed by atoms with van der Waals surface area (Å²) in [5.74, 6) is 0.125. The van der Waals surface area contributed by atoms with Crippen molar-refractivity contribution in [3.8, 4) is 11.4 Å². The second-order valence-electron chi connectivity index (χ2n) is 6.32. The van der Waals surface area contributed by atoms with Gasteiger partial charge >= 0.3 is 0 Å². The van der Waals surface area contributed by atoms with Gasteiger partial charge in [0.1, 0.15) is 11.6 Å². The minimum absolute atomic E-state index is 0.296. The number of methoxy groups -OCH3 is 1. The Balaban J connectivity index is 1.56. The number of carbonyl (C=O) groups excluding carboxylic acids is 1. The fourth-order valence-corrected chi connectivity index (χ4v) is 3.76. The number of hydrogen-bond donors (Lipinski definition) is 1. The molecule has 0 aliphatic carbocycles. The van der Waals surface area contributed by atoms with Crippen LogP contribution in [0.4, 0.5) is 4.39 Å². The summed E-state index contributed by atoms with van der Waals surface area (Å²) >= 11 is 1.53. The maximum atomic E-state index is 13.3. The fourth-order valence-electron chi connectivity index (χ4n) is 2.96. The minimum Gasteiger partial charge on any atom is -0.497 e. The zero-order valence-electron chi connectivity index (χ0n) is 15.6. The van der Waals surface area contributed by atoms with E-state index >= 15 is 0 Å². The Hall–Kier alpha value is -3.45. The summed E-state index contributed by atoms with van der Waals surface area (Å²) in [7, 11) is 1.61. The lowest BCUT2D eigenvalue weighted by Crippen LogP contribution is -2.29. The third-order valence-corrected chi connectivity index (χ3v) is 5.40. The lowest BCUT2D eigenvalue weighted by atomic mass is 10.1. The van der Waals surface area contributed by atoms with Gasteiger partial charge < -0.3 is 10.1 Å². The van der Waals surface area contributed by atoms with Gasteiger partial charge in [0.05, 0.1) is 18.8 Å². The smallest absolute Gasteiger partial charge is 0.272 e. The predicted octanol–water partition coefficient (Wildman–Crippen LogP) is 4.60. The van der Waals surface area contributed by atoms with Crippen LogP contribution in [0.15, 0.2) is 78.3 Å². The van der Waals surface area contributed by atoms with Gasteiger partial charge in [0.25, 0.3) is 5.91 Å². The van der Waals surface area contributed by atoms with Gasteiger partial charge in [-0.05, 0) is 59.5 Å². The molecule has 0 fully saturated rings. The van der Waals surface area contributed by atoms with Crippen LogP contribution in [0.3, 0.4) is 0 Å². The Morgan fingerprint density at radius 1 is 1.10 bits per heavy atom. The number of hydrogen-bond acceptors (Lipinski definition) is 4. The van der Waals surface area contributed by atoms with Crippen molar-refractivity contribution in [2.75, 3.05) is 7.11 Å². The summed E-state index contributed by atoms with van der Waals surface area (Å²) in [5, 5.41) is 9.33. The van der Waals surface area contributed by atoms with Crippen molar-refractivity contribution in [3.05, 3.63) is 100 Å². The SMILES string of the molecule is COc1ccc(-n2ccc(C(=O)NC(c3ccc(F)cc3)c3cccs3)n2)cc1. The third-order valence-electron chi connectivity index (χ3n) is 4.47. The van der Waals surface area contributed by atoms with E-state index in [9.17, 15) is 9.18 Å². The Kier molecular flexibility index (Phi) is 5.39. The van der Waals surface area contributed by atoms with Gasteiger partial charge in [-0.3, -0.25) is 4.79 Å². The van der Waals surface area contributed by atoms with Crippen LogP contribution in [0.5, 0.6) is 5.75 Å². The maximum absolute atomic E-state index is 13.3. The van der Waals surface area contributed by atoms with Gasteiger partial charge in [0.2, 0.25) is 0 Å². The lowest BCUT2D eigenvalue weighted by molar-refractivity contribution is 0.0938.